The Morgan fingerprint density at radius 3 is 2.60 bits per heavy atom. The van der Waals surface area contributed by atoms with Crippen molar-refractivity contribution in [3.05, 3.63) is 35.9 Å². The fourth-order valence-electron chi connectivity index (χ4n) is 2.45. The van der Waals surface area contributed by atoms with Gasteiger partial charge in [-0.25, -0.2) is 0 Å². The molecular weight excluding hydrogens is 182 g/mol. The quantitative estimate of drug-likeness (QED) is 0.730. The standard InChI is InChI=1S/C14H21N/c1-12(2)15-9-8-14(11-15)10-13-6-4-3-5-7-13/h3-7,12,14H,8-11H2,1-2H3. The highest BCUT2D eigenvalue weighted by Gasteiger charge is 2.23. The Kier molecular flexibility index (Phi) is 3.42. The summed E-state index contributed by atoms with van der Waals surface area (Å²) in [5.74, 6) is 0.870. The molecule has 1 aliphatic rings. The monoisotopic (exact) mass is 203 g/mol. The molecule has 0 spiro atoms. The van der Waals surface area contributed by atoms with Crippen molar-refractivity contribution in [1.29, 1.82) is 0 Å². The zero-order chi connectivity index (χ0) is 10.7. The molecule has 1 fully saturated rings. The highest BCUT2D eigenvalue weighted by atomic mass is 15.2. The molecule has 2 rings (SSSR count). The van der Waals surface area contributed by atoms with Gasteiger partial charge in [0, 0.05) is 12.6 Å². The zero-order valence-corrected chi connectivity index (χ0v) is 9.82. The molecule has 0 aromatic heterocycles. The Morgan fingerprint density at radius 2 is 2.00 bits per heavy atom. The zero-order valence-electron chi connectivity index (χ0n) is 9.82. The minimum Gasteiger partial charge on any atom is -0.301 e. The van der Waals surface area contributed by atoms with Crippen molar-refractivity contribution >= 4 is 0 Å². The molecule has 82 valence electrons. The first-order chi connectivity index (χ1) is 7.25. The van der Waals surface area contributed by atoms with Gasteiger partial charge in [0.25, 0.3) is 0 Å². The van der Waals surface area contributed by atoms with Crippen molar-refractivity contribution in [3.8, 4) is 0 Å². The van der Waals surface area contributed by atoms with Crippen LogP contribution in [-0.2, 0) is 6.42 Å². The first-order valence-corrected chi connectivity index (χ1v) is 6.03. The van der Waals surface area contributed by atoms with Crippen molar-refractivity contribution < 1.29 is 0 Å². The van der Waals surface area contributed by atoms with E-state index in [4.69, 9.17) is 0 Å². The SMILES string of the molecule is CC(C)N1CCC(Cc2ccccc2)C1. The van der Waals surface area contributed by atoms with Crippen molar-refractivity contribution in [3.63, 3.8) is 0 Å². The second-order valence-corrected chi connectivity index (χ2v) is 4.93. The van der Waals surface area contributed by atoms with E-state index in [2.05, 4.69) is 49.1 Å². The van der Waals surface area contributed by atoms with Crippen molar-refractivity contribution in [2.75, 3.05) is 13.1 Å². The summed E-state index contributed by atoms with van der Waals surface area (Å²) in [5, 5.41) is 0. The third-order valence-corrected chi connectivity index (χ3v) is 3.41. The fraction of sp³-hybridized carbons (Fsp3) is 0.571. The summed E-state index contributed by atoms with van der Waals surface area (Å²) in [7, 11) is 0. The van der Waals surface area contributed by atoms with Crippen molar-refractivity contribution in [2.24, 2.45) is 5.92 Å². The summed E-state index contributed by atoms with van der Waals surface area (Å²) in [6.45, 7) is 7.16. The number of hydrogen-bond acceptors (Lipinski definition) is 1. The third-order valence-electron chi connectivity index (χ3n) is 3.41. The number of benzene rings is 1. The predicted molar refractivity (Wildman–Crippen MR) is 65.0 cm³/mol. The molecule has 1 nitrogen and oxygen atoms in total. The molecule has 1 atom stereocenters. The second-order valence-electron chi connectivity index (χ2n) is 4.93. The molecule has 1 aliphatic heterocycles. The van der Waals surface area contributed by atoms with Gasteiger partial charge in [-0.05, 0) is 44.7 Å². The molecule has 0 aliphatic carbocycles. The van der Waals surface area contributed by atoms with E-state index in [1.54, 1.807) is 0 Å². The molecule has 0 saturated carbocycles. The average Bonchev–Trinajstić information content (AvgIpc) is 2.68. The minimum absolute atomic E-state index is 0.714. The highest BCUT2D eigenvalue weighted by molar-refractivity contribution is 5.15. The number of rotatable bonds is 3. The van der Waals surface area contributed by atoms with Crippen molar-refractivity contribution in [2.45, 2.75) is 32.7 Å². The minimum atomic E-state index is 0.714. The van der Waals surface area contributed by atoms with Crippen LogP contribution in [0.5, 0.6) is 0 Å². The molecule has 1 saturated heterocycles. The lowest BCUT2D eigenvalue weighted by atomic mass is 9.99. The van der Waals surface area contributed by atoms with Crippen LogP contribution in [0.15, 0.2) is 30.3 Å². The molecule has 1 aromatic rings. The van der Waals surface area contributed by atoms with Crippen LogP contribution in [0, 0.1) is 5.92 Å². The topological polar surface area (TPSA) is 3.24 Å². The van der Waals surface area contributed by atoms with E-state index < -0.39 is 0 Å². The fourth-order valence-corrected chi connectivity index (χ4v) is 2.45. The van der Waals surface area contributed by atoms with Crippen LogP contribution in [0.2, 0.25) is 0 Å². The number of likely N-dealkylation sites (tertiary alicyclic amines) is 1. The van der Waals surface area contributed by atoms with Gasteiger partial charge in [-0.3, -0.25) is 0 Å². The average molecular weight is 203 g/mol. The lowest BCUT2D eigenvalue weighted by molar-refractivity contribution is 0.265. The molecule has 15 heavy (non-hydrogen) atoms. The largest absolute Gasteiger partial charge is 0.301 e. The summed E-state index contributed by atoms with van der Waals surface area (Å²) >= 11 is 0. The first kappa shape index (κ1) is 10.7. The summed E-state index contributed by atoms with van der Waals surface area (Å²) in [6.07, 6.45) is 2.62. The maximum Gasteiger partial charge on any atom is 0.00387 e. The molecule has 1 aromatic carbocycles. The van der Waals surface area contributed by atoms with Gasteiger partial charge in [0.05, 0.1) is 0 Å². The molecule has 0 bridgehead atoms. The van der Waals surface area contributed by atoms with Gasteiger partial charge in [-0.15, -0.1) is 0 Å². The molecule has 0 N–H and O–H groups in total. The normalized spacial score (nSPS) is 22.5. The van der Waals surface area contributed by atoms with E-state index in [1.807, 2.05) is 0 Å². The van der Waals surface area contributed by atoms with Gasteiger partial charge in [0.2, 0.25) is 0 Å². The van der Waals surface area contributed by atoms with E-state index in [0.717, 1.165) is 5.92 Å². The van der Waals surface area contributed by atoms with Crippen LogP contribution in [0.1, 0.15) is 25.8 Å². The summed E-state index contributed by atoms with van der Waals surface area (Å²) in [6, 6.07) is 11.6. The Labute approximate surface area is 93.1 Å². The van der Waals surface area contributed by atoms with Crippen LogP contribution in [0.25, 0.3) is 0 Å². The van der Waals surface area contributed by atoms with Gasteiger partial charge in [0.1, 0.15) is 0 Å². The Hall–Kier alpha value is -0.820. The predicted octanol–water partition coefficient (Wildman–Crippen LogP) is 2.96. The molecule has 0 radical (unpaired) electrons. The first-order valence-electron chi connectivity index (χ1n) is 6.03. The Balaban J connectivity index is 1.88. The van der Waals surface area contributed by atoms with Crippen LogP contribution >= 0.6 is 0 Å². The molecule has 1 heteroatoms. The summed E-state index contributed by atoms with van der Waals surface area (Å²) in [4.78, 5) is 2.59. The Bertz CT molecular complexity index is 291. The molecule has 1 unspecified atom stereocenters. The third kappa shape index (κ3) is 2.82. The van der Waals surface area contributed by atoms with E-state index in [-0.39, 0.29) is 0 Å². The molecule has 1 heterocycles. The van der Waals surface area contributed by atoms with Crippen LogP contribution in [0.3, 0.4) is 0 Å². The lowest BCUT2D eigenvalue weighted by Gasteiger charge is -2.20. The van der Waals surface area contributed by atoms with E-state index >= 15 is 0 Å². The van der Waals surface area contributed by atoms with E-state index in [0.29, 0.717) is 6.04 Å². The van der Waals surface area contributed by atoms with Gasteiger partial charge in [-0.2, -0.15) is 0 Å². The molecular formula is C14H21N. The van der Waals surface area contributed by atoms with Crippen molar-refractivity contribution in [1.82, 2.24) is 4.90 Å². The maximum absolute atomic E-state index is 2.59. The highest BCUT2D eigenvalue weighted by Crippen LogP contribution is 2.22. The van der Waals surface area contributed by atoms with Crippen LogP contribution in [-0.4, -0.2) is 24.0 Å². The van der Waals surface area contributed by atoms with Gasteiger partial charge < -0.3 is 4.90 Å². The van der Waals surface area contributed by atoms with Gasteiger partial charge >= 0.3 is 0 Å². The van der Waals surface area contributed by atoms with E-state index in [1.165, 1.54) is 31.5 Å². The second kappa shape index (κ2) is 4.80. The number of hydrogen-bond donors (Lipinski definition) is 0. The number of nitrogens with zero attached hydrogens (tertiary/aromatic N) is 1. The van der Waals surface area contributed by atoms with Gasteiger partial charge in [0.15, 0.2) is 0 Å². The summed E-state index contributed by atoms with van der Waals surface area (Å²) < 4.78 is 0. The van der Waals surface area contributed by atoms with E-state index in [9.17, 15) is 0 Å². The smallest absolute Gasteiger partial charge is 0.00387 e. The molecule has 0 amide bonds. The maximum atomic E-state index is 2.59. The van der Waals surface area contributed by atoms with Crippen LogP contribution in [0.4, 0.5) is 0 Å². The Morgan fingerprint density at radius 1 is 1.27 bits per heavy atom. The van der Waals surface area contributed by atoms with Gasteiger partial charge in [-0.1, -0.05) is 30.3 Å². The summed E-state index contributed by atoms with van der Waals surface area (Å²) in [5.41, 5.74) is 1.49. The van der Waals surface area contributed by atoms with Crippen LogP contribution < -0.4 is 0 Å². The lowest BCUT2D eigenvalue weighted by Crippen LogP contribution is -2.28.